The molecule has 0 aromatic heterocycles. The molecular weight excluding hydrogens is 398 g/mol. The lowest BCUT2D eigenvalue weighted by molar-refractivity contribution is -0.116. The number of rotatable bonds is 7. The number of aryl methyl sites for hydroxylation is 2. The summed E-state index contributed by atoms with van der Waals surface area (Å²) in [6.45, 7) is 2.84. The van der Waals surface area contributed by atoms with E-state index in [2.05, 4.69) is 46.4 Å². The summed E-state index contributed by atoms with van der Waals surface area (Å²) in [6.07, 6.45) is 3.52. The molecule has 1 aliphatic heterocycles. The predicted molar refractivity (Wildman–Crippen MR) is 108 cm³/mol. The second-order valence-corrected chi connectivity index (χ2v) is 8.20. The fourth-order valence-corrected chi connectivity index (χ4v) is 4.00. The minimum Gasteiger partial charge on any atom is -0.494 e. The standard InChI is InChI=1S/C20H22BrNO2S/c1-14-12-17(6-7-18(14)21)25-11-3-2-10-24-16-5-8-19-15(13-16)4-9-20(23)22-19/h5-8,12-13H,2-4,9-11H2,1H3,(H,22,23). The average molecular weight is 420 g/mol. The number of unbranched alkanes of at least 4 members (excludes halogenated alkanes) is 1. The maximum Gasteiger partial charge on any atom is 0.224 e. The zero-order valence-electron chi connectivity index (χ0n) is 14.3. The Morgan fingerprint density at radius 3 is 2.88 bits per heavy atom. The second kappa shape index (κ2) is 8.77. The highest BCUT2D eigenvalue weighted by Gasteiger charge is 2.14. The molecule has 132 valence electrons. The Morgan fingerprint density at radius 1 is 1.16 bits per heavy atom. The highest BCUT2D eigenvalue weighted by Crippen LogP contribution is 2.27. The lowest BCUT2D eigenvalue weighted by atomic mass is 10.0. The van der Waals surface area contributed by atoms with Crippen LogP contribution >= 0.6 is 27.7 Å². The van der Waals surface area contributed by atoms with Gasteiger partial charge in [0.05, 0.1) is 6.61 Å². The van der Waals surface area contributed by atoms with Gasteiger partial charge in [-0.05, 0) is 79.5 Å². The van der Waals surface area contributed by atoms with Crippen molar-refractivity contribution in [2.45, 2.75) is 37.5 Å². The van der Waals surface area contributed by atoms with Crippen LogP contribution in [0.15, 0.2) is 45.8 Å². The van der Waals surface area contributed by atoms with E-state index in [0.717, 1.165) is 47.5 Å². The molecule has 1 aliphatic rings. The average Bonchev–Trinajstić information content (AvgIpc) is 2.61. The molecule has 0 fully saturated rings. The van der Waals surface area contributed by atoms with Gasteiger partial charge < -0.3 is 10.1 Å². The van der Waals surface area contributed by atoms with Gasteiger partial charge in [0, 0.05) is 21.5 Å². The molecule has 3 nitrogen and oxygen atoms in total. The largest absolute Gasteiger partial charge is 0.494 e. The summed E-state index contributed by atoms with van der Waals surface area (Å²) in [7, 11) is 0. The van der Waals surface area contributed by atoms with Crippen molar-refractivity contribution in [1.82, 2.24) is 0 Å². The number of anilines is 1. The van der Waals surface area contributed by atoms with Gasteiger partial charge in [-0.25, -0.2) is 0 Å². The first-order valence-electron chi connectivity index (χ1n) is 8.56. The van der Waals surface area contributed by atoms with Gasteiger partial charge in [-0.15, -0.1) is 11.8 Å². The molecular formula is C20H22BrNO2S. The van der Waals surface area contributed by atoms with Crippen LogP contribution in [0.25, 0.3) is 0 Å². The molecule has 2 aromatic rings. The molecule has 0 spiro atoms. The fraction of sp³-hybridized carbons (Fsp3) is 0.350. The van der Waals surface area contributed by atoms with E-state index >= 15 is 0 Å². The number of benzene rings is 2. The molecule has 0 aliphatic carbocycles. The third-order valence-electron chi connectivity index (χ3n) is 4.18. The first-order chi connectivity index (χ1) is 12.1. The SMILES string of the molecule is Cc1cc(SCCCCOc2ccc3c(c2)CCC(=O)N3)ccc1Br. The quantitative estimate of drug-likeness (QED) is 0.469. The highest BCUT2D eigenvalue weighted by molar-refractivity contribution is 9.10. The summed E-state index contributed by atoms with van der Waals surface area (Å²) in [5.74, 6) is 2.09. The molecule has 1 amide bonds. The van der Waals surface area contributed by atoms with Crippen LogP contribution in [0.1, 0.15) is 30.4 Å². The summed E-state index contributed by atoms with van der Waals surface area (Å²) >= 11 is 5.43. The van der Waals surface area contributed by atoms with Crippen LogP contribution in [-0.2, 0) is 11.2 Å². The number of fused-ring (bicyclic) bond motifs is 1. The summed E-state index contributed by atoms with van der Waals surface area (Å²) < 4.78 is 7.02. The van der Waals surface area contributed by atoms with Gasteiger partial charge in [0.25, 0.3) is 0 Å². The van der Waals surface area contributed by atoms with Gasteiger partial charge in [-0.2, -0.15) is 0 Å². The summed E-state index contributed by atoms with van der Waals surface area (Å²) in [4.78, 5) is 12.7. The topological polar surface area (TPSA) is 38.3 Å². The monoisotopic (exact) mass is 419 g/mol. The number of hydrogen-bond acceptors (Lipinski definition) is 3. The fourth-order valence-electron chi connectivity index (χ4n) is 2.74. The number of halogens is 1. The van der Waals surface area contributed by atoms with E-state index in [9.17, 15) is 4.79 Å². The van der Waals surface area contributed by atoms with Crippen LogP contribution in [0.4, 0.5) is 5.69 Å². The van der Waals surface area contributed by atoms with Crippen molar-refractivity contribution in [3.63, 3.8) is 0 Å². The van der Waals surface area contributed by atoms with Gasteiger partial charge in [0.1, 0.15) is 5.75 Å². The number of amides is 1. The summed E-state index contributed by atoms with van der Waals surface area (Å²) in [5.41, 5.74) is 3.36. The van der Waals surface area contributed by atoms with Gasteiger partial charge in [-0.3, -0.25) is 4.79 Å². The Morgan fingerprint density at radius 2 is 2.04 bits per heavy atom. The molecule has 0 saturated heterocycles. The van der Waals surface area contributed by atoms with Crippen LogP contribution in [0.3, 0.4) is 0 Å². The van der Waals surface area contributed by atoms with E-state index in [1.54, 1.807) is 0 Å². The number of carbonyl (C=O) groups excluding carboxylic acids is 1. The molecule has 5 heteroatoms. The van der Waals surface area contributed by atoms with Gasteiger partial charge in [-0.1, -0.05) is 15.9 Å². The molecule has 0 saturated carbocycles. The third kappa shape index (κ3) is 5.25. The number of hydrogen-bond donors (Lipinski definition) is 1. The van der Waals surface area contributed by atoms with Crippen molar-refractivity contribution in [2.24, 2.45) is 0 Å². The molecule has 3 rings (SSSR count). The lowest BCUT2D eigenvalue weighted by Crippen LogP contribution is -2.18. The Hall–Kier alpha value is -1.46. The highest BCUT2D eigenvalue weighted by atomic mass is 79.9. The number of carbonyl (C=O) groups is 1. The van der Waals surface area contributed by atoms with Crippen molar-refractivity contribution in [2.75, 3.05) is 17.7 Å². The van der Waals surface area contributed by atoms with Crippen LogP contribution in [-0.4, -0.2) is 18.3 Å². The number of nitrogens with one attached hydrogen (secondary N) is 1. The normalized spacial score (nSPS) is 13.3. The number of thioether (sulfide) groups is 1. The smallest absolute Gasteiger partial charge is 0.224 e. The Labute approximate surface area is 161 Å². The van der Waals surface area contributed by atoms with E-state index in [0.29, 0.717) is 6.42 Å². The maximum atomic E-state index is 11.4. The molecule has 0 bridgehead atoms. The van der Waals surface area contributed by atoms with E-state index in [1.807, 2.05) is 30.0 Å². The summed E-state index contributed by atoms with van der Waals surface area (Å²) in [5, 5.41) is 2.89. The van der Waals surface area contributed by atoms with Crippen LogP contribution in [0.2, 0.25) is 0 Å². The first-order valence-corrected chi connectivity index (χ1v) is 10.3. The van der Waals surface area contributed by atoms with Crippen molar-refractivity contribution >= 4 is 39.3 Å². The van der Waals surface area contributed by atoms with Crippen molar-refractivity contribution in [1.29, 1.82) is 0 Å². The third-order valence-corrected chi connectivity index (χ3v) is 6.15. The van der Waals surface area contributed by atoms with Crippen LogP contribution in [0.5, 0.6) is 5.75 Å². The molecule has 0 unspecified atom stereocenters. The first kappa shape index (κ1) is 18.3. The molecule has 1 heterocycles. The van der Waals surface area contributed by atoms with E-state index in [4.69, 9.17) is 4.74 Å². The Bertz CT molecular complexity index is 763. The summed E-state index contributed by atoms with van der Waals surface area (Å²) in [6, 6.07) is 12.4. The second-order valence-electron chi connectivity index (χ2n) is 6.18. The Kier molecular flexibility index (Phi) is 6.43. The molecule has 2 aromatic carbocycles. The van der Waals surface area contributed by atoms with Gasteiger partial charge in [0.15, 0.2) is 0 Å². The molecule has 25 heavy (non-hydrogen) atoms. The maximum absolute atomic E-state index is 11.4. The zero-order chi connectivity index (χ0) is 17.6. The lowest BCUT2D eigenvalue weighted by Gasteiger charge is -2.17. The van der Waals surface area contributed by atoms with Crippen molar-refractivity contribution < 1.29 is 9.53 Å². The van der Waals surface area contributed by atoms with Gasteiger partial charge in [0.2, 0.25) is 5.91 Å². The zero-order valence-corrected chi connectivity index (χ0v) is 16.7. The Balaban J connectivity index is 1.37. The molecule has 0 atom stereocenters. The van der Waals surface area contributed by atoms with Crippen LogP contribution in [0, 0.1) is 6.92 Å². The van der Waals surface area contributed by atoms with E-state index in [-0.39, 0.29) is 5.91 Å². The predicted octanol–water partition coefficient (Wildman–Crippen LogP) is 5.59. The minimum atomic E-state index is 0.0969. The molecule has 0 radical (unpaired) electrons. The van der Waals surface area contributed by atoms with Crippen molar-refractivity contribution in [3.8, 4) is 5.75 Å². The van der Waals surface area contributed by atoms with E-state index < -0.39 is 0 Å². The van der Waals surface area contributed by atoms with Crippen molar-refractivity contribution in [3.05, 3.63) is 52.0 Å². The molecule has 1 N–H and O–H groups in total. The number of ether oxygens (including phenoxy) is 1. The van der Waals surface area contributed by atoms with Crippen LogP contribution < -0.4 is 10.1 Å². The van der Waals surface area contributed by atoms with E-state index in [1.165, 1.54) is 16.0 Å². The van der Waals surface area contributed by atoms with Gasteiger partial charge >= 0.3 is 0 Å². The minimum absolute atomic E-state index is 0.0969.